The molecule has 9 heteroatoms. The van der Waals surface area contributed by atoms with E-state index in [9.17, 15) is 23.2 Å². The van der Waals surface area contributed by atoms with Gasteiger partial charge in [0.25, 0.3) is 0 Å². The van der Waals surface area contributed by atoms with Crippen molar-refractivity contribution in [2.24, 2.45) is 0 Å². The van der Waals surface area contributed by atoms with E-state index in [0.29, 0.717) is 29.5 Å². The van der Waals surface area contributed by atoms with Gasteiger partial charge < -0.3 is 19.5 Å². The number of hydrogen-bond acceptors (Lipinski definition) is 4. The topological polar surface area (TPSA) is 82.9 Å². The number of rotatable bonds is 10. The van der Waals surface area contributed by atoms with Crippen LogP contribution in [0.4, 0.5) is 19.3 Å². The number of para-hydroxylation sites is 1. The van der Waals surface area contributed by atoms with Crippen LogP contribution in [0.25, 0.3) is 11.0 Å². The summed E-state index contributed by atoms with van der Waals surface area (Å²) in [6, 6.07) is 17.5. The lowest BCUT2D eigenvalue weighted by Gasteiger charge is -2.28. The number of fused-ring (bicyclic) bond motifs is 1. The van der Waals surface area contributed by atoms with Gasteiger partial charge in [-0.25, -0.2) is 13.6 Å². The number of nitrogens with one attached hydrogen (secondary N) is 1. The van der Waals surface area contributed by atoms with Crippen molar-refractivity contribution in [2.75, 3.05) is 18.4 Å². The molecule has 1 heterocycles. The van der Waals surface area contributed by atoms with E-state index in [2.05, 4.69) is 5.32 Å². The van der Waals surface area contributed by atoms with E-state index in [-0.39, 0.29) is 36.3 Å². The predicted molar refractivity (Wildman–Crippen MR) is 145 cm³/mol. The van der Waals surface area contributed by atoms with Gasteiger partial charge in [-0.15, -0.1) is 0 Å². The number of halogens is 2. The Labute approximate surface area is 224 Å². The van der Waals surface area contributed by atoms with Crippen molar-refractivity contribution in [3.8, 4) is 0 Å². The highest BCUT2D eigenvalue weighted by Gasteiger charge is 2.23. The summed E-state index contributed by atoms with van der Waals surface area (Å²) in [5.41, 5.74) is 1.36. The highest BCUT2D eigenvalue weighted by atomic mass is 19.1. The smallest absolute Gasteiger partial charge is 0.322 e. The molecular formula is C30H29F2N3O4. The highest BCUT2D eigenvalue weighted by molar-refractivity contribution is 5.92. The molecule has 4 aromatic rings. The average Bonchev–Trinajstić information content (AvgIpc) is 2.93. The van der Waals surface area contributed by atoms with Crippen LogP contribution in [0, 0.1) is 11.6 Å². The molecule has 0 saturated carbocycles. The highest BCUT2D eigenvalue weighted by Crippen LogP contribution is 2.16. The van der Waals surface area contributed by atoms with Crippen molar-refractivity contribution in [3.63, 3.8) is 0 Å². The second-order valence-corrected chi connectivity index (χ2v) is 9.18. The van der Waals surface area contributed by atoms with E-state index in [1.807, 2.05) is 6.92 Å². The summed E-state index contributed by atoms with van der Waals surface area (Å²) in [5.74, 6) is -1.33. The zero-order chi connectivity index (χ0) is 27.8. The number of hydrogen-bond donors (Lipinski definition) is 1. The third-order valence-electron chi connectivity index (χ3n) is 6.22. The first-order valence-electron chi connectivity index (χ1n) is 12.7. The van der Waals surface area contributed by atoms with Crippen molar-refractivity contribution in [1.29, 1.82) is 0 Å². The van der Waals surface area contributed by atoms with Gasteiger partial charge in [-0.05, 0) is 54.4 Å². The maximum Gasteiger partial charge on any atom is 0.322 e. The molecule has 0 spiro atoms. The van der Waals surface area contributed by atoms with Crippen molar-refractivity contribution in [3.05, 3.63) is 112 Å². The molecule has 1 N–H and O–H groups in total. The summed E-state index contributed by atoms with van der Waals surface area (Å²) in [7, 11) is 0. The van der Waals surface area contributed by atoms with Gasteiger partial charge in [-0.2, -0.15) is 0 Å². The summed E-state index contributed by atoms with van der Waals surface area (Å²) in [5, 5.41) is 3.03. The molecule has 0 fully saturated rings. The minimum Gasteiger partial charge on any atom is -0.464 e. The molecule has 0 aliphatic carbocycles. The second-order valence-electron chi connectivity index (χ2n) is 9.18. The Bertz CT molecular complexity index is 1500. The number of unbranched alkanes of at least 4 members (excludes halogenated alkanes) is 1. The lowest BCUT2D eigenvalue weighted by Crippen LogP contribution is -2.44. The molecule has 0 aliphatic heterocycles. The van der Waals surface area contributed by atoms with Crippen molar-refractivity contribution < 1.29 is 22.8 Å². The quantitative estimate of drug-likeness (QED) is 0.274. The van der Waals surface area contributed by atoms with E-state index < -0.39 is 23.6 Å². The summed E-state index contributed by atoms with van der Waals surface area (Å²) in [4.78, 5) is 42.6. The lowest BCUT2D eigenvalue weighted by atomic mass is 10.1. The van der Waals surface area contributed by atoms with Gasteiger partial charge in [0.05, 0.1) is 23.8 Å². The third kappa shape index (κ3) is 7.28. The molecule has 0 aliphatic rings. The first-order chi connectivity index (χ1) is 18.8. The molecule has 7 nitrogen and oxygen atoms in total. The van der Waals surface area contributed by atoms with Crippen LogP contribution < -0.4 is 10.7 Å². The molecular weight excluding hydrogens is 504 g/mol. The number of amides is 3. The van der Waals surface area contributed by atoms with E-state index >= 15 is 0 Å². The van der Waals surface area contributed by atoms with Gasteiger partial charge in [-0.1, -0.05) is 43.7 Å². The summed E-state index contributed by atoms with van der Waals surface area (Å²) in [6.45, 7) is 1.99. The van der Waals surface area contributed by atoms with E-state index in [1.165, 1.54) is 46.4 Å². The Hall–Kier alpha value is -4.53. The van der Waals surface area contributed by atoms with Crippen LogP contribution in [0.1, 0.15) is 30.9 Å². The molecule has 0 atom stereocenters. The molecule has 4 rings (SSSR count). The molecule has 3 amide bonds. The SMILES string of the molecule is CCCCN(CC(=O)N(Cc1ccc(F)cc1)Cc1coc2ccccc2c1=O)C(=O)Nc1cccc(F)c1. The van der Waals surface area contributed by atoms with Gasteiger partial charge in [0.1, 0.15) is 23.8 Å². The normalized spacial score (nSPS) is 10.8. The van der Waals surface area contributed by atoms with Crippen molar-refractivity contribution in [1.82, 2.24) is 9.80 Å². The monoisotopic (exact) mass is 533 g/mol. The van der Waals surface area contributed by atoms with Gasteiger partial charge in [0.15, 0.2) is 5.43 Å². The second kappa shape index (κ2) is 12.8. The third-order valence-corrected chi connectivity index (χ3v) is 6.22. The number of benzene rings is 3. The van der Waals surface area contributed by atoms with Crippen LogP contribution in [0.2, 0.25) is 0 Å². The number of carbonyl (C=O) groups is 2. The maximum absolute atomic E-state index is 13.6. The summed E-state index contributed by atoms with van der Waals surface area (Å²) in [6.07, 6.45) is 2.77. The fourth-order valence-electron chi connectivity index (χ4n) is 4.11. The molecule has 0 radical (unpaired) electrons. The molecule has 39 heavy (non-hydrogen) atoms. The minimum absolute atomic E-state index is 0.0729. The number of anilines is 1. The molecule has 0 bridgehead atoms. The zero-order valence-electron chi connectivity index (χ0n) is 21.5. The van der Waals surface area contributed by atoms with E-state index in [4.69, 9.17) is 4.42 Å². The summed E-state index contributed by atoms with van der Waals surface area (Å²) >= 11 is 0. The van der Waals surface area contributed by atoms with Gasteiger partial charge >= 0.3 is 6.03 Å². The number of nitrogens with zero attached hydrogens (tertiary/aromatic N) is 2. The van der Waals surface area contributed by atoms with Crippen LogP contribution >= 0.6 is 0 Å². The zero-order valence-corrected chi connectivity index (χ0v) is 21.5. The van der Waals surface area contributed by atoms with Crippen LogP contribution in [-0.2, 0) is 17.9 Å². The molecule has 0 saturated heterocycles. The lowest BCUT2D eigenvalue weighted by molar-refractivity contribution is -0.133. The van der Waals surface area contributed by atoms with E-state index in [1.54, 1.807) is 42.5 Å². The fourth-order valence-corrected chi connectivity index (χ4v) is 4.11. The fraction of sp³-hybridized carbons (Fsp3) is 0.233. The van der Waals surface area contributed by atoms with Crippen LogP contribution in [0.3, 0.4) is 0 Å². The Morgan fingerprint density at radius 1 is 0.897 bits per heavy atom. The molecule has 3 aromatic carbocycles. The van der Waals surface area contributed by atoms with Gasteiger partial charge in [0.2, 0.25) is 5.91 Å². The first-order valence-corrected chi connectivity index (χ1v) is 12.7. The standard InChI is InChI=1S/C30H29F2N3O4/c1-2-3-15-34(30(38)33-25-8-6-7-24(32)16-25)19-28(36)35(17-21-11-13-23(31)14-12-21)18-22-20-39-27-10-5-4-9-26(27)29(22)37/h4-14,16,20H,2-3,15,17-19H2,1H3,(H,33,38). The Balaban J connectivity index is 1.59. The van der Waals surface area contributed by atoms with Gasteiger partial charge in [-0.3, -0.25) is 9.59 Å². The number of urea groups is 1. The minimum atomic E-state index is -0.547. The Morgan fingerprint density at radius 2 is 1.67 bits per heavy atom. The Morgan fingerprint density at radius 3 is 2.41 bits per heavy atom. The maximum atomic E-state index is 13.6. The molecule has 0 unspecified atom stereocenters. The van der Waals surface area contributed by atoms with Crippen LogP contribution in [0.5, 0.6) is 0 Å². The van der Waals surface area contributed by atoms with Crippen molar-refractivity contribution in [2.45, 2.75) is 32.9 Å². The van der Waals surface area contributed by atoms with Crippen LogP contribution in [-0.4, -0.2) is 34.8 Å². The van der Waals surface area contributed by atoms with Gasteiger partial charge in [0, 0.05) is 18.8 Å². The molecule has 202 valence electrons. The van der Waals surface area contributed by atoms with Crippen LogP contribution in [0.15, 0.2) is 88.3 Å². The largest absolute Gasteiger partial charge is 0.464 e. The van der Waals surface area contributed by atoms with Crippen molar-refractivity contribution >= 4 is 28.6 Å². The average molecular weight is 534 g/mol. The summed E-state index contributed by atoms with van der Waals surface area (Å²) < 4.78 is 32.8. The number of carbonyl (C=O) groups excluding carboxylic acids is 2. The first kappa shape index (κ1) is 27.5. The van der Waals surface area contributed by atoms with E-state index in [0.717, 1.165) is 6.42 Å². The Kier molecular flexibility index (Phi) is 9.04. The predicted octanol–water partition coefficient (Wildman–Crippen LogP) is 5.93. The molecule has 1 aromatic heterocycles.